The number of halogens is 4. The maximum atomic E-state index is 13.2. The van der Waals surface area contributed by atoms with E-state index in [-0.39, 0.29) is 10.0 Å². The van der Waals surface area contributed by atoms with Crippen molar-refractivity contribution >= 4 is 27.5 Å². The Morgan fingerprint density at radius 3 is 2.58 bits per heavy atom. The molecule has 0 unspecified atom stereocenters. The number of nitrogens with one attached hydrogen (secondary N) is 1. The second kappa shape index (κ2) is 6.59. The van der Waals surface area contributed by atoms with Crippen LogP contribution in [-0.2, 0) is 19.0 Å². The maximum absolute atomic E-state index is 13.2. The highest BCUT2D eigenvalue weighted by molar-refractivity contribution is 9.10. The molecule has 0 atom stereocenters. The quantitative estimate of drug-likeness (QED) is 0.701. The highest BCUT2D eigenvalue weighted by atomic mass is 79.9. The number of carbonyl (C=O) groups is 1. The Hall–Kier alpha value is -1.82. The normalized spacial score (nSPS) is 14.2. The van der Waals surface area contributed by atoms with E-state index in [1.54, 1.807) is 6.07 Å². The van der Waals surface area contributed by atoms with Gasteiger partial charge in [-0.3, -0.25) is 4.79 Å². The molecular weight excluding hydrogens is 383 g/mol. The van der Waals surface area contributed by atoms with Crippen molar-refractivity contribution in [2.45, 2.75) is 31.9 Å². The Kier molecular flexibility index (Phi) is 4.67. The standard InChI is InChI=1S/C18H15BrF3NO/c19-12-8-9-14(15(10-12)18(20,21)22)17(24)23-16-7-3-5-11-4-1-2-6-13(11)16/h3,5,7-10H,1-2,4,6H2,(H,23,24). The summed E-state index contributed by atoms with van der Waals surface area (Å²) in [4.78, 5) is 12.5. The first-order valence-corrected chi connectivity index (χ1v) is 8.44. The summed E-state index contributed by atoms with van der Waals surface area (Å²) in [7, 11) is 0. The average Bonchev–Trinajstić information content (AvgIpc) is 2.54. The summed E-state index contributed by atoms with van der Waals surface area (Å²) >= 11 is 3.02. The van der Waals surface area contributed by atoms with Crippen LogP contribution < -0.4 is 5.32 Å². The molecule has 1 amide bonds. The van der Waals surface area contributed by atoms with Gasteiger partial charge in [-0.25, -0.2) is 0 Å². The Balaban J connectivity index is 1.95. The zero-order valence-corrected chi connectivity index (χ0v) is 14.3. The zero-order chi connectivity index (χ0) is 17.3. The topological polar surface area (TPSA) is 29.1 Å². The number of fused-ring (bicyclic) bond motifs is 1. The lowest BCUT2D eigenvalue weighted by atomic mass is 9.90. The molecule has 2 aromatic carbocycles. The van der Waals surface area contributed by atoms with Gasteiger partial charge < -0.3 is 5.32 Å². The van der Waals surface area contributed by atoms with E-state index in [0.717, 1.165) is 42.9 Å². The lowest BCUT2D eigenvalue weighted by molar-refractivity contribution is -0.137. The predicted octanol–water partition coefficient (Wildman–Crippen LogP) is 5.60. The smallest absolute Gasteiger partial charge is 0.322 e. The summed E-state index contributed by atoms with van der Waals surface area (Å²) in [5.74, 6) is -0.742. The first-order valence-electron chi connectivity index (χ1n) is 7.65. The monoisotopic (exact) mass is 397 g/mol. The van der Waals surface area contributed by atoms with Crippen molar-refractivity contribution in [3.8, 4) is 0 Å². The molecule has 0 bridgehead atoms. The SMILES string of the molecule is O=C(Nc1cccc2c1CCCC2)c1ccc(Br)cc1C(F)(F)F. The average molecular weight is 398 g/mol. The Morgan fingerprint density at radius 2 is 1.83 bits per heavy atom. The predicted molar refractivity (Wildman–Crippen MR) is 90.2 cm³/mol. The van der Waals surface area contributed by atoms with Gasteiger partial charge in [0.2, 0.25) is 0 Å². The summed E-state index contributed by atoms with van der Waals surface area (Å²) in [5.41, 5.74) is 1.47. The number of carbonyl (C=O) groups excluding carboxylic acids is 1. The van der Waals surface area contributed by atoms with Crippen LogP contribution in [0.2, 0.25) is 0 Å². The third-order valence-corrected chi connectivity index (χ3v) is 4.67. The molecule has 2 nitrogen and oxygen atoms in total. The number of aryl methyl sites for hydroxylation is 1. The number of hydrogen-bond acceptors (Lipinski definition) is 1. The first-order chi connectivity index (χ1) is 11.4. The Morgan fingerprint density at radius 1 is 1.08 bits per heavy atom. The van der Waals surface area contributed by atoms with Crippen LogP contribution in [0.15, 0.2) is 40.9 Å². The van der Waals surface area contributed by atoms with Gasteiger partial charge in [0.05, 0.1) is 11.1 Å². The highest BCUT2D eigenvalue weighted by Gasteiger charge is 2.35. The first kappa shape index (κ1) is 17.0. The van der Waals surface area contributed by atoms with Crippen molar-refractivity contribution in [2.24, 2.45) is 0 Å². The largest absolute Gasteiger partial charge is 0.417 e. The van der Waals surface area contributed by atoms with E-state index < -0.39 is 17.6 Å². The van der Waals surface area contributed by atoms with E-state index in [1.807, 2.05) is 12.1 Å². The number of anilines is 1. The second-order valence-electron chi connectivity index (χ2n) is 5.79. The van der Waals surface area contributed by atoms with E-state index in [1.165, 1.54) is 12.1 Å². The van der Waals surface area contributed by atoms with E-state index >= 15 is 0 Å². The third kappa shape index (κ3) is 3.48. The fourth-order valence-corrected chi connectivity index (χ4v) is 3.40. The van der Waals surface area contributed by atoms with Crippen LogP contribution in [0.3, 0.4) is 0 Å². The molecule has 0 fully saturated rings. The van der Waals surface area contributed by atoms with Crippen LogP contribution in [0.1, 0.15) is 39.9 Å². The molecule has 1 aliphatic rings. The minimum Gasteiger partial charge on any atom is -0.322 e. The number of hydrogen-bond donors (Lipinski definition) is 1. The fraction of sp³-hybridized carbons (Fsp3) is 0.278. The van der Waals surface area contributed by atoms with Gasteiger partial charge in [-0.15, -0.1) is 0 Å². The molecule has 1 N–H and O–H groups in total. The zero-order valence-electron chi connectivity index (χ0n) is 12.7. The van der Waals surface area contributed by atoms with Crippen LogP contribution in [0.5, 0.6) is 0 Å². The molecule has 126 valence electrons. The molecule has 0 saturated carbocycles. The van der Waals surface area contributed by atoms with E-state index in [9.17, 15) is 18.0 Å². The van der Waals surface area contributed by atoms with Gasteiger partial charge in [-0.2, -0.15) is 13.2 Å². The second-order valence-corrected chi connectivity index (χ2v) is 6.71. The Labute approximate surface area is 146 Å². The van der Waals surface area contributed by atoms with Crippen molar-refractivity contribution in [2.75, 3.05) is 5.32 Å². The molecule has 2 aromatic rings. The van der Waals surface area contributed by atoms with Gasteiger partial charge in [0.15, 0.2) is 0 Å². The molecule has 1 aliphatic carbocycles. The van der Waals surface area contributed by atoms with Gasteiger partial charge in [0.1, 0.15) is 0 Å². The van der Waals surface area contributed by atoms with Crippen molar-refractivity contribution in [3.05, 3.63) is 63.1 Å². The van der Waals surface area contributed by atoms with Crippen LogP contribution >= 0.6 is 15.9 Å². The minimum atomic E-state index is -4.59. The van der Waals surface area contributed by atoms with Gasteiger partial charge >= 0.3 is 6.18 Å². The molecule has 3 rings (SSSR count). The van der Waals surface area contributed by atoms with Crippen LogP contribution in [0, 0.1) is 0 Å². The van der Waals surface area contributed by atoms with E-state index in [2.05, 4.69) is 21.2 Å². The van der Waals surface area contributed by atoms with E-state index in [0.29, 0.717) is 5.69 Å². The van der Waals surface area contributed by atoms with Crippen LogP contribution in [0.25, 0.3) is 0 Å². The van der Waals surface area contributed by atoms with Crippen molar-refractivity contribution in [1.29, 1.82) is 0 Å². The van der Waals surface area contributed by atoms with Gasteiger partial charge in [-0.05, 0) is 61.1 Å². The van der Waals surface area contributed by atoms with Crippen molar-refractivity contribution in [1.82, 2.24) is 0 Å². The van der Waals surface area contributed by atoms with Gasteiger partial charge in [-0.1, -0.05) is 28.1 Å². The summed E-state index contributed by atoms with van der Waals surface area (Å²) in [6, 6.07) is 9.13. The van der Waals surface area contributed by atoms with Crippen LogP contribution in [0.4, 0.5) is 18.9 Å². The summed E-state index contributed by atoms with van der Waals surface area (Å²) in [5, 5.41) is 2.66. The minimum absolute atomic E-state index is 0.281. The van der Waals surface area contributed by atoms with Crippen molar-refractivity contribution in [3.63, 3.8) is 0 Å². The highest BCUT2D eigenvalue weighted by Crippen LogP contribution is 2.35. The third-order valence-electron chi connectivity index (χ3n) is 4.18. The number of alkyl halides is 3. The van der Waals surface area contributed by atoms with Gasteiger partial charge in [0.25, 0.3) is 5.91 Å². The maximum Gasteiger partial charge on any atom is 0.417 e. The number of amides is 1. The number of rotatable bonds is 2. The molecule has 0 aliphatic heterocycles. The number of benzene rings is 2. The molecule has 0 heterocycles. The van der Waals surface area contributed by atoms with Gasteiger partial charge in [0, 0.05) is 10.2 Å². The lowest BCUT2D eigenvalue weighted by Gasteiger charge is -2.20. The van der Waals surface area contributed by atoms with Crippen LogP contribution in [-0.4, -0.2) is 5.91 Å². The molecule has 0 spiro atoms. The summed E-state index contributed by atoms with van der Waals surface area (Å²) in [6.07, 6.45) is -0.711. The molecule has 0 radical (unpaired) electrons. The molecular formula is C18H15BrF3NO. The lowest BCUT2D eigenvalue weighted by Crippen LogP contribution is -2.20. The molecule has 24 heavy (non-hydrogen) atoms. The molecule has 0 saturated heterocycles. The fourth-order valence-electron chi connectivity index (χ4n) is 3.04. The summed E-state index contributed by atoms with van der Waals surface area (Å²) in [6.45, 7) is 0. The Bertz CT molecular complexity index is 786. The van der Waals surface area contributed by atoms with E-state index in [4.69, 9.17) is 0 Å². The molecule has 6 heteroatoms. The molecule has 0 aromatic heterocycles. The van der Waals surface area contributed by atoms with Crippen molar-refractivity contribution < 1.29 is 18.0 Å². The summed E-state index contributed by atoms with van der Waals surface area (Å²) < 4.78 is 39.9.